The summed E-state index contributed by atoms with van der Waals surface area (Å²) in [5.41, 5.74) is 0. The van der Waals surface area contributed by atoms with E-state index in [1.807, 2.05) is 0 Å². The second-order valence-electron chi connectivity index (χ2n) is 5.74. The van der Waals surface area contributed by atoms with Crippen LogP contribution in [-0.2, 0) is 0 Å². The molecule has 0 aromatic rings. The van der Waals surface area contributed by atoms with E-state index in [0.29, 0.717) is 0 Å². The summed E-state index contributed by atoms with van der Waals surface area (Å²) in [6.45, 7) is 15.0. The molecule has 0 unspecified atom stereocenters. The first-order valence-electron chi connectivity index (χ1n) is 5.94. The van der Waals surface area contributed by atoms with Crippen LogP contribution in [-0.4, -0.2) is 18.4 Å². The average molecular weight is 289 g/mol. The zero-order chi connectivity index (χ0) is 10.2. The summed E-state index contributed by atoms with van der Waals surface area (Å²) in [6, 6.07) is 0. The first kappa shape index (κ1) is 11.9. The van der Waals surface area contributed by atoms with Crippen LogP contribution in [0, 0.1) is 0 Å². The molecule has 0 spiro atoms. The van der Waals surface area contributed by atoms with Gasteiger partial charge in [-0.25, -0.2) is 0 Å². The standard InChI is InChI=1S/C3H5.3C3H7.Sn/c1-2-3-1;3*1-3-2;/h1H,2-3H2;3*3H,1-2H3;. The Morgan fingerprint density at radius 3 is 1.15 bits per heavy atom. The third-order valence-corrected chi connectivity index (χ3v) is 27.1. The first-order valence-corrected chi connectivity index (χ1v) is 12.5. The predicted molar refractivity (Wildman–Crippen MR) is 64.0 cm³/mol. The quantitative estimate of drug-likeness (QED) is 0.650. The van der Waals surface area contributed by atoms with Gasteiger partial charge in [0, 0.05) is 0 Å². The van der Waals surface area contributed by atoms with Crippen LogP contribution in [0.15, 0.2) is 0 Å². The Hall–Kier alpha value is 0.799. The van der Waals surface area contributed by atoms with E-state index in [1.54, 1.807) is 12.8 Å². The third-order valence-electron chi connectivity index (χ3n) is 4.28. The average Bonchev–Trinajstić information content (AvgIpc) is 2.69. The van der Waals surface area contributed by atoms with Crippen molar-refractivity contribution in [3.8, 4) is 0 Å². The molecule has 0 amide bonds. The third kappa shape index (κ3) is 1.93. The summed E-state index contributed by atoms with van der Waals surface area (Å²) in [5, 5.41) is 0. The van der Waals surface area contributed by atoms with Crippen molar-refractivity contribution in [3.63, 3.8) is 0 Å². The Kier molecular flexibility index (Phi) is 3.76. The molecule has 13 heavy (non-hydrogen) atoms. The molecule has 1 rings (SSSR count). The molecule has 1 aliphatic carbocycles. The van der Waals surface area contributed by atoms with Crippen LogP contribution in [0.1, 0.15) is 54.4 Å². The molecule has 0 aliphatic heterocycles. The molecule has 0 atom stereocenters. The van der Waals surface area contributed by atoms with E-state index in [-0.39, 0.29) is 0 Å². The van der Waals surface area contributed by atoms with Gasteiger partial charge in [0.05, 0.1) is 0 Å². The second-order valence-corrected chi connectivity index (χ2v) is 23.7. The Balaban J connectivity index is 2.92. The van der Waals surface area contributed by atoms with Crippen LogP contribution < -0.4 is 0 Å². The fourth-order valence-corrected chi connectivity index (χ4v) is 26.8. The van der Waals surface area contributed by atoms with Crippen LogP contribution in [0.3, 0.4) is 0 Å². The summed E-state index contributed by atoms with van der Waals surface area (Å²) in [4.78, 5) is 0. The molecule has 0 aromatic heterocycles. The van der Waals surface area contributed by atoms with E-state index in [9.17, 15) is 0 Å². The molecule has 1 heteroatoms. The van der Waals surface area contributed by atoms with Crippen molar-refractivity contribution in [1.29, 1.82) is 0 Å². The van der Waals surface area contributed by atoms with Crippen molar-refractivity contribution in [2.45, 2.75) is 70.1 Å². The van der Waals surface area contributed by atoms with E-state index in [1.165, 1.54) is 3.93 Å². The van der Waals surface area contributed by atoms with Crippen molar-refractivity contribution in [2.75, 3.05) is 0 Å². The Morgan fingerprint density at radius 2 is 1.08 bits per heavy atom. The Bertz CT molecular complexity index is 138. The zero-order valence-electron chi connectivity index (χ0n) is 10.2. The zero-order valence-corrected chi connectivity index (χ0v) is 13.1. The van der Waals surface area contributed by atoms with Crippen LogP contribution in [0.25, 0.3) is 0 Å². The van der Waals surface area contributed by atoms with Gasteiger partial charge < -0.3 is 0 Å². The Labute approximate surface area is 88.4 Å². The van der Waals surface area contributed by atoms with Crippen LogP contribution >= 0.6 is 0 Å². The monoisotopic (exact) mass is 290 g/mol. The molecule has 0 aromatic carbocycles. The van der Waals surface area contributed by atoms with Gasteiger partial charge in [0.1, 0.15) is 0 Å². The summed E-state index contributed by atoms with van der Waals surface area (Å²) in [7, 11) is 0. The predicted octanol–water partition coefficient (Wildman–Crippen LogP) is 4.83. The van der Waals surface area contributed by atoms with E-state index < -0.39 is 18.4 Å². The molecule has 0 N–H and O–H groups in total. The fourth-order valence-electron chi connectivity index (χ4n) is 4.00. The van der Waals surface area contributed by atoms with Crippen molar-refractivity contribution in [2.24, 2.45) is 0 Å². The topological polar surface area (TPSA) is 0 Å². The molecule has 1 fully saturated rings. The van der Waals surface area contributed by atoms with Gasteiger partial charge in [0.25, 0.3) is 0 Å². The van der Waals surface area contributed by atoms with Gasteiger partial charge >= 0.3 is 88.5 Å². The molecule has 0 nitrogen and oxygen atoms in total. The molecule has 78 valence electrons. The van der Waals surface area contributed by atoms with Gasteiger partial charge in [-0.2, -0.15) is 0 Å². The van der Waals surface area contributed by atoms with E-state index in [0.717, 1.165) is 11.8 Å². The first-order chi connectivity index (χ1) is 5.94. The van der Waals surface area contributed by atoms with E-state index in [2.05, 4.69) is 41.5 Å². The summed E-state index contributed by atoms with van der Waals surface area (Å²) in [5.74, 6) is 0. The molecule has 0 heterocycles. The van der Waals surface area contributed by atoms with Gasteiger partial charge in [-0.05, 0) is 0 Å². The molecule has 1 aliphatic rings. The van der Waals surface area contributed by atoms with Gasteiger partial charge in [0.15, 0.2) is 0 Å². The van der Waals surface area contributed by atoms with Crippen LogP contribution in [0.4, 0.5) is 0 Å². The fraction of sp³-hybridized carbons (Fsp3) is 1.00. The SMILES string of the molecule is C[CH](C)[Sn]([CH](C)C)([CH](C)C)[CH]1CC1. The van der Waals surface area contributed by atoms with Crippen molar-refractivity contribution >= 4 is 18.4 Å². The molecular weight excluding hydrogens is 263 g/mol. The number of hydrogen-bond donors (Lipinski definition) is 0. The minimum atomic E-state index is -1.82. The van der Waals surface area contributed by atoms with Crippen molar-refractivity contribution in [1.82, 2.24) is 0 Å². The van der Waals surface area contributed by atoms with Crippen LogP contribution in [0.5, 0.6) is 0 Å². The maximum atomic E-state index is 2.51. The molecule has 0 bridgehead atoms. The van der Waals surface area contributed by atoms with E-state index >= 15 is 0 Å². The van der Waals surface area contributed by atoms with E-state index in [4.69, 9.17) is 0 Å². The van der Waals surface area contributed by atoms with Gasteiger partial charge in [-0.3, -0.25) is 0 Å². The second kappa shape index (κ2) is 4.12. The summed E-state index contributed by atoms with van der Waals surface area (Å²) < 4.78 is 4.36. The number of rotatable bonds is 4. The molecule has 0 saturated heterocycles. The Morgan fingerprint density at radius 1 is 0.769 bits per heavy atom. The van der Waals surface area contributed by atoms with Gasteiger partial charge in [0.2, 0.25) is 0 Å². The number of hydrogen-bond acceptors (Lipinski definition) is 0. The maximum absolute atomic E-state index is 2.51. The normalized spacial score (nSPS) is 19.2. The van der Waals surface area contributed by atoms with Crippen LogP contribution in [0.2, 0.25) is 15.7 Å². The van der Waals surface area contributed by atoms with Crippen molar-refractivity contribution < 1.29 is 0 Å². The van der Waals surface area contributed by atoms with Gasteiger partial charge in [-0.1, -0.05) is 0 Å². The summed E-state index contributed by atoms with van der Waals surface area (Å²) >= 11 is -1.82. The molecule has 1 saturated carbocycles. The van der Waals surface area contributed by atoms with Gasteiger partial charge in [-0.15, -0.1) is 0 Å². The molecular formula is C12H26Sn. The van der Waals surface area contributed by atoms with Crippen molar-refractivity contribution in [3.05, 3.63) is 0 Å². The summed E-state index contributed by atoms with van der Waals surface area (Å²) in [6.07, 6.45) is 3.15. The minimum absolute atomic E-state index is 1.04. The molecule has 0 radical (unpaired) electrons.